The topological polar surface area (TPSA) is 82.6 Å². The fourth-order valence-corrected chi connectivity index (χ4v) is 3.98. The van der Waals surface area contributed by atoms with Crippen LogP contribution in [0.25, 0.3) is 16.7 Å². The molecule has 1 amide bonds. The van der Waals surface area contributed by atoms with Crippen molar-refractivity contribution in [3.05, 3.63) is 71.4 Å². The third-order valence-electron chi connectivity index (χ3n) is 5.28. The number of carbonyl (C=O) groups excluding carboxylic acids is 2. The second-order valence-electron chi connectivity index (χ2n) is 6.98. The van der Waals surface area contributed by atoms with E-state index in [4.69, 9.17) is 4.74 Å². The molecule has 4 rings (SSSR count). The highest BCUT2D eigenvalue weighted by Crippen LogP contribution is 2.42. The smallest absolute Gasteiger partial charge is 0.295 e. The van der Waals surface area contributed by atoms with Crippen LogP contribution >= 0.6 is 0 Å². The molecule has 0 bridgehead atoms. The van der Waals surface area contributed by atoms with Gasteiger partial charge in [-0.1, -0.05) is 37.3 Å². The highest BCUT2D eigenvalue weighted by atomic mass is 16.5. The van der Waals surface area contributed by atoms with Crippen LogP contribution in [0.5, 0.6) is 5.75 Å². The van der Waals surface area contributed by atoms with E-state index in [2.05, 4.69) is 4.98 Å². The molecule has 1 aliphatic rings. The number of hydrogen-bond donors (Lipinski definition) is 2. The highest BCUT2D eigenvalue weighted by molar-refractivity contribution is 6.46. The molecule has 6 nitrogen and oxygen atoms in total. The van der Waals surface area contributed by atoms with E-state index in [0.717, 1.165) is 16.5 Å². The van der Waals surface area contributed by atoms with E-state index in [1.807, 2.05) is 31.2 Å². The number of nitrogens with zero attached hydrogens (tertiary/aromatic N) is 1. The zero-order valence-corrected chi connectivity index (χ0v) is 16.3. The molecule has 0 aliphatic carbocycles. The van der Waals surface area contributed by atoms with Crippen molar-refractivity contribution in [1.29, 1.82) is 0 Å². The number of aliphatic hydroxyl groups excluding tert-OH is 1. The maximum Gasteiger partial charge on any atom is 0.295 e. The van der Waals surface area contributed by atoms with E-state index in [1.54, 1.807) is 35.4 Å². The molecular formula is C23H22N2O4. The average molecular weight is 390 g/mol. The van der Waals surface area contributed by atoms with Gasteiger partial charge in [-0.05, 0) is 24.6 Å². The van der Waals surface area contributed by atoms with Crippen molar-refractivity contribution in [2.45, 2.75) is 19.4 Å². The van der Waals surface area contributed by atoms with Gasteiger partial charge in [-0.25, -0.2) is 0 Å². The summed E-state index contributed by atoms with van der Waals surface area (Å²) in [5.41, 5.74) is 2.15. The maximum absolute atomic E-state index is 13.0. The second-order valence-corrected chi connectivity index (χ2v) is 6.98. The van der Waals surface area contributed by atoms with Crippen LogP contribution in [0.4, 0.5) is 0 Å². The summed E-state index contributed by atoms with van der Waals surface area (Å²) in [7, 11) is 1.50. The van der Waals surface area contributed by atoms with Crippen LogP contribution in [0.1, 0.15) is 30.5 Å². The molecule has 0 saturated carbocycles. The van der Waals surface area contributed by atoms with Gasteiger partial charge in [-0.3, -0.25) is 9.59 Å². The lowest BCUT2D eigenvalue weighted by atomic mass is 9.94. The van der Waals surface area contributed by atoms with Gasteiger partial charge in [0.15, 0.2) is 0 Å². The number of likely N-dealkylation sites (tertiary alicyclic amines) is 1. The first-order valence-corrected chi connectivity index (χ1v) is 9.56. The summed E-state index contributed by atoms with van der Waals surface area (Å²) in [5, 5.41) is 12.0. The van der Waals surface area contributed by atoms with Crippen LogP contribution in [0.2, 0.25) is 0 Å². The van der Waals surface area contributed by atoms with Gasteiger partial charge in [0.1, 0.15) is 11.5 Å². The van der Waals surface area contributed by atoms with E-state index in [-0.39, 0.29) is 11.3 Å². The first-order chi connectivity index (χ1) is 14.1. The van der Waals surface area contributed by atoms with E-state index in [1.165, 1.54) is 7.11 Å². The highest BCUT2D eigenvalue weighted by Gasteiger charge is 2.46. The van der Waals surface area contributed by atoms with Gasteiger partial charge in [-0.2, -0.15) is 0 Å². The number of aromatic amines is 1. The molecule has 148 valence electrons. The summed E-state index contributed by atoms with van der Waals surface area (Å²) < 4.78 is 5.35. The Morgan fingerprint density at radius 1 is 1.14 bits per heavy atom. The molecule has 1 unspecified atom stereocenters. The van der Waals surface area contributed by atoms with Crippen LogP contribution in [0.15, 0.2) is 60.3 Å². The molecule has 2 heterocycles. The Kier molecular flexibility index (Phi) is 4.84. The zero-order chi connectivity index (χ0) is 20.5. The summed E-state index contributed by atoms with van der Waals surface area (Å²) in [6.07, 6.45) is 2.50. The molecular weight excluding hydrogens is 368 g/mol. The van der Waals surface area contributed by atoms with Crippen LogP contribution in [0, 0.1) is 0 Å². The number of aromatic nitrogens is 1. The third-order valence-corrected chi connectivity index (χ3v) is 5.28. The van der Waals surface area contributed by atoms with Gasteiger partial charge in [0.05, 0.1) is 24.3 Å². The summed E-state index contributed by atoms with van der Waals surface area (Å²) in [4.78, 5) is 30.6. The maximum atomic E-state index is 13.0. The number of rotatable bonds is 5. The van der Waals surface area contributed by atoms with Gasteiger partial charge in [-0.15, -0.1) is 0 Å². The summed E-state index contributed by atoms with van der Waals surface area (Å²) >= 11 is 0. The lowest BCUT2D eigenvalue weighted by Gasteiger charge is -2.24. The number of benzene rings is 2. The van der Waals surface area contributed by atoms with Crippen molar-refractivity contribution in [1.82, 2.24) is 9.88 Å². The number of fused-ring (bicyclic) bond motifs is 1. The van der Waals surface area contributed by atoms with Gasteiger partial charge < -0.3 is 19.7 Å². The minimum atomic E-state index is -0.683. The summed E-state index contributed by atoms with van der Waals surface area (Å²) in [6, 6.07) is 13.9. The van der Waals surface area contributed by atoms with Crippen molar-refractivity contribution in [2.24, 2.45) is 0 Å². The van der Waals surface area contributed by atoms with Crippen LogP contribution < -0.4 is 4.74 Å². The van der Waals surface area contributed by atoms with Crippen molar-refractivity contribution < 1.29 is 19.4 Å². The predicted octanol–water partition coefficient (Wildman–Crippen LogP) is 4.01. The minimum Gasteiger partial charge on any atom is -0.507 e. The Bertz CT molecular complexity index is 1130. The number of H-pyrrole nitrogens is 1. The lowest BCUT2D eigenvalue weighted by molar-refractivity contribution is -0.139. The number of methoxy groups -OCH3 is 1. The first-order valence-electron chi connectivity index (χ1n) is 9.56. The quantitative estimate of drug-likeness (QED) is 0.392. The number of carbonyl (C=O) groups is 2. The van der Waals surface area contributed by atoms with Gasteiger partial charge in [0, 0.05) is 29.2 Å². The van der Waals surface area contributed by atoms with Crippen LogP contribution in [0.3, 0.4) is 0 Å². The Hall–Kier alpha value is -3.54. The lowest BCUT2D eigenvalue weighted by Crippen LogP contribution is -2.30. The number of para-hydroxylation sites is 2. The monoisotopic (exact) mass is 390 g/mol. The Labute approximate surface area is 168 Å². The number of amides is 1. The fourth-order valence-electron chi connectivity index (χ4n) is 3.98. The van der Waals surface area contributed by atoms with Crippen molar-refractivity contribution in [2.75, 3.05) is 13.7 Å². The average Bonchev–Trinajstić information content (AvgIpc) is 3.28. The van der Waals surface area contributed by atoms with E-state index in [9.17, 15) is 14.7 Å². The Morgan fingerprint density at radius 2 is 1.86 bits per heavy atom. The van der Waals surface area contributed by atoms with Crippen molar-refractivity contribution in [3.63, 3.8) is 0 Å². The van der Waals surface area contributed by atoms with E-state index < -0.39 is 17.7 Å². The van der Waals surface area contributed by atoms with E-state index >= 15 is 0 Å². The van der Waals surface area contributed by atoms with E-state index in [0.29, 0.717) is 24.3 Å². The normalized spacial score (nSPS) is 18.6. The number of aliphatic hydroxyl groups is 1. The van der Waals surface area contributed by atoms with Crippen molar-refractivity contribution in [3.8, 4) is 5.75 Å². The minimum absolute atomic E-state index is 0.0812. The van der Waals surface area contributed by atoms with Gasteiger partial charge >= 0.3 is 0 Å². The Morgan fingerprint density at radius 3 is 2.62 bits per heavy atom. The molecule has 1 fully saturated rings. The molecule has 2 aromatic carbocycles. The third kappa shape index (κ3) is 2.97. The molecule has 1 aliphatic heterocycles. The molecule has 0 spiro atoms. The fraction of sp³-hybridized carbons (Fsp3) is 0.217. The summed E-state index contributed by atoms with van der Waals surface area (Å²) in [6.45, 7) is 2.36. The van der Waals surface area contributed by atoms with Crippen LogP contribution in [-0.2, 0) is 9.59 Å². The molecule has 1 aromatic heterocycles. The summed E-state index contributed by atoms with van der Waals surface area (Å²) in [5.74, 6) is -1.07. The number of ether oxygens (including phenoxy) is 1. The standard InChI is InChI=1S/C23H22N2O4/c1-3-12-25-20(16-13-24-17-10-6-4-8-14(16)17)19(22(27)23(25)28)21(26)15-9-5-7-11-18(15)29-2/h4-11,13,20,24,26H,3,12H2,1-2H3/b21-19+. The number of ketones is 1. The zero-order valence-electron chi connectivity index (χ0n) is 16.3. The van der Waals surface area contributed by atoms with Crippen molar-refractivity contribution >= 4 is 28.4 Å². The number of Topliss-reactive ketones (excluding diaryl/α,β-unsaturated/α-hetero) is 1. The molecule has 2 N–H and O–H groups in total. The molecule has 1 saturated heterocycles. The second kappa shape index (κ2) is 7.47. The largest absolute Gasteiger partial charge is 0.507 e. The number of nitrogens with one attached hydrogen (secondary N) is 1. The SMILES string of the molecule is CCCN1C(=O)C(=O)/C(=C(/O)c2ccccc2OC)C1c1c[nH]c2ccccc12. The molecule has 6 heteroatoms. The van der Waals surface area contributed by atoms with Gasteiger partial charge in [0.25, 0.3) is 11.7 Å². The van der Waals surface area contributed by atoms with Gasteiger partial charge in [0.2, 0.25) is 0 Å². The predicted molar refractivity (Wildman–Crippen MR) is 111 cm³/mol. The molecule has 0 radical (unpaired) electrons. The number of hydrogen-bond acceptors (Lipinski definition) is 4. The molecule has 3 aromatic rings. The van der Waals surface area contributed by atoms with Crippen LogP contribution in [-0.4, -0.2) is 40.3 Å². The molecule has 1 atom stereocenters. The molecule has 29 heavy (non-hydrogen) atoms. The Balaban J connectivity index is 1.97. The first kappa shape index (κ1) is 18.8.